The van der Waals surface area contributed by atoms with Crippen LogP contribution < -0.4 is 9.62 Å². The number of hydrogen-bond donors (Lipinski definition) is 1. The van der Waals surface area contributed by atoms with Gasteiger partial charge in [-0.2, -0.15) is 0 Å². The molecule has 1 saturated carbocycles. The number of nitrogens with one attached hydrogen (secondary N) is 1. The molecular weight excluding hydrogens is 629 g/mol. The largest absolute Gasteiger partial charge is 0.352 e. The Hall–Kier alpha value is -3.85. The Balaban J connectivity index is 1.55. The number of nitrogens with zero attached hydrogens (tertiary/aromatic N) is 2. The first-order valence-corrected chi connectivity index (χ1v) is 17.1. The van der Waals surface area contributed by atoms with Crippen molar-refractivity contribution in [1.29, 1.82) is 0 Å². The molecule has 1 atom stereocenters. The molecule has 45 heavy (non-hydrogen) atoms. The summed E-state index contributed by atoms with van der Waals surface area (Å²) in [6.07, 6.45) is 4.10. The molecule has 0 unspecified atom stereocenters. The predicted molar refractivity (Wildman–Crippen MR) is 179 cm³/mol. The summed E-state index contributed by atoms with van der Waals surface area (Å²) < 4.78 is 29.1. The van der Waals surface area contributed by atoms with Crippen LogP contribution in [-0.4, -0.2) is 43.8 Å². The summed E-state index contributed by atoms with van der Waals surface area (Å²) in [5.41, 5.74) is 1.91. The first-order valence-electron chi connectivity index (χ1n) is 14.9. The first kappa shape index (κ1) is 32.5. The van der Waals surface area contributed by atoms with Gasteiger partial charge in [-0.15, -0.1) is 0 Å². The highest BCUT2D eigenvalue weighted by Gasteiger charge is 2.35. The monoisotopic (exact) mass is 663 g/mol. The van der Waals surface area contributed by atoms with Crippen molar-refractivity contribution in [3.63, 3.8) is 0 Å². The van der Waals surface area contributed by atoms with Gasteiger partial charge in [0.1, 0.15) is 12.6 Å². The molecule has 1 fully saturated rings. The van der Waals surface area contributed by atoms with Gasteiger partial charge >= 0.3 is 0 Å². The van der Waals surface area contributed by atoms with Crippen LogP contribution in [0.2, 0.25) is 10.0 Å². The molecule has 0 aromatic heterocycles. The quantitative estimate of drug-likeness (QED) is 0.179. The normalized spacial score (nSPS) is 14.1. The van der Waals surface area contributed by atoms with Gasteiger partial charge in [-0.3, -0.25) is 13.9 Å². The lowest BCUT2D eigenvalue weighted by molar-refractivity contribution is -0.140. The summed E-state index contributed by atoms with van der Waals surface area (Å²) in [6, 6.07) is 29.9. The molecule has 0 saturated heterocycles. The van der Waals surface area contributed by atoms with Gasteiger partial charge in [0.2, 0.25) is 11.8 Å². The zero-order chi connectivity index (χ0) is 31.8. The number of carbonyl (C=O) groups is 2. The number of carbonyl (C=O) groups excluding carboxylic acids is 2. The summed E-state index contributed by atoms with van der Waals surface area (Å²) in [7, 11) is -4.17. The maximum Gasteiger partial charge on any atom is 0.264 e. The third kappa shape index (κ3) is 8.45. The molecule has 4 aromatic rings. The van der Waals surface area contributed by atoms with Crippen LogP contribution in [0.3, 0.4) is 0 Å². The van der Waals surface area contributed by atoms with Crippen molar-refractivity contribution in [3.05, 3.63) is 130 Å². The molecule has 7 nitrogen and oxygen atoms in total. The summed E-state index contributed by atoms with van der Waals surface area (Å²) in [4.78, 5) is 30.1. The van der Waals surface area contributed by atoms with Crippen LogP contribution in [0, 0.1) is 0 Å². The van der Waals surface area contributed by atoms with E-state index in [0.29, 0.717) is 10.0 Å². The second-order valence-corrected chi connectivity index (χ2v) is 13.9. The highest BCUT2D eigenvalue weighted by atomic mass is 35.5. The number of amides is 2. The van der Waals surface area contributed by atoms with Crippen molar-refractivity contribution in [2.24, 2.45) is 0 Å². The Morgan fingerprint density at radius 3 is 1.91 bits per heavy atom. The van der Waals surface area contributed by atoms with E-state index in [0.717, 1.165) is 41.1 Å². The molecule has 1 aliphatic rings. The number of hydrogen-bond acceptors (Lipinski definition) is 4. The van der Waals surface area contributed by atoms with Crippen LogP contribution in [0.1, 0.15) is 36.8 Å². The molecular formula is C35H35Cl2N3O4S. The molecule has 0 spiro atoms. The lowest BCUT2D eigenvalue weighted by atomic mass is 10.0. The number of rotatable bonds is 12. The minimum absolute atomic E-state index is 0.0345. The lowest BCUT2D eigenvalue weighted by Crippen LogP contribution is -2.54. The molecule has 0 heterocycles. The highest BCUT2D eigenvalue weighted by Crippen LogP contribution is 2.27. The van der Waals surface area contributed by atoms with Crippen LogP contribution in [-0.2, 0) is 32.6 Å². The first-order chi connectivity index (χ1) is 21.7. The Labute approximate surface area is 274 Å². The Morgan fingerprint density at radius 1 is 0.756 bits per heavy atom. The van der Waals surface area contributed by atoms with Crippen LogP contribution in [0.5, 0.6) is 0 Å². The van der Waals surface area contributed by atoms with Crippen molar-refractivity contribution in [2.45, 2.75) is 55.6 Å². The summed E-state index contributed by atoms with van der Waals surface area (Å²) in [6.45, 7) is -0.458. The van der Waals surface area contributed by atoms with Gasteiger partial charge in [-0.25, -0.2) is 8.42 Å². The number of halogens is 2. The van der Waals surface area contributed by atoms with E-state index in [1.54, 1.807) is 66.7 Å². The van der Waals surface area contributed by atoms with Gasteiger partial charge in [0.25, 0.3) is 10.0 Å². The molecule has 2 amide bonds. The molecule has 5 rings (SSSR count). The van der Waals surface area contributed by atoms with Gasteiger partial charge in [0, 0.05) is 29.1 Å². The molecule has 4 aromatic carbocycles. The zero-order valence-corrected chi connectivity index (χ0v) is 27.0. The SMILES string of the molecule is O=C(NC1CCCC1)[C@@H](Cc1ccccc1)N(Cc1ccc(Cl)cc1)C(=O)CN(c1ccc(Cl)cc1)S(=O)(=O)c1ccccc1. The minimum Gasteiger partial charge on any atom is -0.352 e. The van der Waals surface area contributed by atoms with Gasteiger partial charge in [0.15, 0.2) is 0 Å². The van der Waals surface area contributed by atoms with Crippen LogP contribution >= 0.6 is 23.2 Å². The smallest absolute Gasteiger partial charge is 0.264 e. The standard InChI is InChI=1S/C35H35Cl2N3O4S/c36-28-17-15-27(16-18-28)24-39(33(23-26-9-3-1-4-10-26)35(42)38-30-11-7-8-12-30)34(41)25-40(31-21-19-29(37)20-22-31)45(43,44)32-13-5-2-6-14-32/h1-6,9-10,13-22,30,33H,7-8,11-12,23-25H2,(H,38,42)/t33-/m1/s1. The van der Waals surface area contributed by atoms with Crippen LogP contribution in [0.25, 0.3) is 0 Å². The summed E-state index contributed by atoms with van der Waals surface area (Å²) in [5, 5.41) is 4.15. The van der Waals surface area contributed by atoms with E-state index < -0.39 is 28.5 Å². The predicted octanol–water partition coefficient (Wildman–Crippen LogP) is 6.89. The van der Waals surface area contributed by atoms with E-state index in [-0.39, 0.29) is 35.5 Å². The van der Waals surface area contributed by atoms with Gasteiger partial charge in [-0.05, 0) is 72.5 Å². The maximum absolute atomic E-state index is 14.5. The molecule has 1 aliphatic carbocycles. The number of anilines is 1. The summed E-state index contributed by atoms with van der Waals surface area (Å²) >= 11 is 12.3. The average molecular weight is 665 g/mol. The van der Waals surface area contributed by atoms with Gasteiger partial charge in [-0.1, -0.05) is 96.7 Å². The van der Waals surface area contributed by atoms with Gasteiger partial charge in [0.05, 0.1) is 10.6 Å². The number of sulfonamides is 1. The Kier molecular flexibility index (Phi) is 10.8. The zero-order valence-electron chi connectivity index (χ0n) is 24.7. The molecule has 10 heteroatoms. The molecule has 0 aliphatic heterocycles. The third-order valence-corrected chi connectivity index (χ3v) is 10.3. The fourth-order valence-electron chi connectivity index (χ4n) is 5.56. The second kappa shape index (κ2) is 15.0. The second-order valence-electron chi connectivity index (χ2n) is 11.1. The van der Waals surface area contributed by atoms with E-state index in [9.17, 15) is 18.0 Å². The van der Waals surface area contributed by atoms with Crippen LogP contribution in [0.15, 0.2) is 114 Å². The molecule has 0 radical (unpaired) electrons. The minimum atomic E-state index is -4.17. The average Bonchev–Trinajstić information content (AvgIpc) is 3.57. The number of benzene rings is 4. The van der Waals surface area contributed by atoms with Crippen molar-refractivity contribution < 1.29 is 18.0 Å². The van der Waals surface area contributed by atoms with Crippen molar-refractivity contribution in [3.8, 4) is 0 Å². The maximum atomic E-state index is 14.5. The summed E-state index contributed by atoms with van der Waals surface area (Å²) in [5.74, 6) is -0.793. The van der Waals surface area contributed by atoms with Crippen LogP contribution in [0.4, 0.5) is 5.69 Å². The fraction of sp³-hybridized carbons (Fsp3) is 0.257. The fourth-order valence-corrected chi connectivity index (χ4v) is 7.25. The van der Waals surface area contributed by atoms with E-state index in [4.69, 9.17) is 23.2 Å². The molecule has 1 N–H and O–H groups in total. The molecule has 0 bridgehead atoms. The van der Waals surface area contributed by atoms with Crippen molar-refractivity contribution in [2.75, 3.05) is 10.8 Å². The van der Waals surface area contributed by atoms with E-state index in [2.05, 4.69) is 5.32 Å². The van der Waals surface area contributed by atoms with E-state index >= 15 is 0 Å². The van der Waals surface area contributed by atoms with E-state index in [1.165, 1.54) is 17.0 Å². The topological polar surface area (TPSA) is 86.8 Å². The lowest BCUT2D eigenvalue weighted by Gasteiger charge is -2.34. The van der Waals surface area contributed by atoms with Gasteiger partial charge < -0.3 is 10.2 Å². The van der Waals surface area contributed by atoms with Crippen molar-refractivity contribution >= 4 is 50.7 Å². The Bertz CT molecular complexity index is 1680. The Morgan fingerprint density at radius 2 is 1.31 bits per heavy atom. The third-order valence-electron chi connectivity index (χ3n) is 7.96. The highest BCUT2D eigenvalue weighted by molar-refractivity contribution is 7.92. The van der Waals surface area contributed by atoms with E-state index in [1.807, 2.05) is 30.3 Å². The van der Waals surface area contributed by atoms with Crippen molar-refractivity contribution in [1.82, 2.24) is 10.2 Å². The molecule has 234 valence electrons.